The van der Waals surface area contributed by atoms with Crippen molar-refractivity contribution < 1.29 is 4.79 Å². The van der Waals surface area contributed by atoms with Crippen LogP contribution in [-0.4, -0.2) is 25.9 Å². The van der Waals surface area contributed by atoms with Crippen molar-refractivity contribution in [2.24, 2.45) is 7.05 Å². The fourth-order valence-electron chi connectivity index (χ4n) is 1.72. The zero-order valence-electron chi connectivity index (χ0n) is 10.1. The van der Waals surface area contributed by atoms with Crippen LogP contribution in [0.15, 0.2) is 12.3 Å². The highest BCUT2D eigenvalue weighted by Gasteiger charge is 2.14. The van der Waals surface area contributed by atoms with Gasteiger partial charge in [-0.25, -0.2) is 0 Å². The normalized spacial score (nSPS) is 10.5. The molecule has 0 fully saturated rings. The number of carbonyl (C=O) groups is 1. The third-order valence-electron chi connectivity index (χ3n) is 2.71. The van der Waals surface area contributed by atoms with Gasteiger partial charge in [0, 0.05) is 18.9 Å². The molecule has 0 aliphatic rings. The summed E-state index contributed by atoms with van der Waals surface area (Å²) in [5, 5.41) is 13.7. The molecule has 17 heavy (non-hydrogen) atoms. The van der Waals surface area contributed by atoms with Gasteiger partial charge in [-0.15, -0.1) is 0 Å². The Labute approximate surface area is 99.0 Å². The number of H-pyrrole nitrogens is 1. The first-order valence-corrected chi connectivity index (χ1v) is 5.36. The number of aryl methyl sites for hydroxylation is 3. The second-order valence-corrected chi connectivity index (χ2v) is 3.94. The van der Waals surface area contributed by atoms with Gasteiger partial charge in [-0.1, -0.05) is 0 Å². The molecule has 0 bridgehead atoms. The van der Waals surface area contributed by atoms with Crippen molar-refractivity contribution in [2.75, 3.05) is 0 Å². The Hall–Kier alpha value is -2.11. The minimum atomic E-state index is -0.116. The maximum absolute atomic E-state index is 12.0. The minimum Gasteiger partial charge on any atom is -0.346 e. The van der Waals surface area contributed by atoms with E-state index in [9.17, 15) is 4.79 Å². The van der Waals surface area contributed by atoms with Gasteiger partial charge in [-0.05, 0) is 19.9 Å². The molecule has 2 aromatic rings. The van der Waals surface area contributed by atoms with Gasteiger partial charge in [-0.3, -0.25) is 14.6 Å². The van der Waals surface area contributed by atoms with Crippen LogP contribution in [0.25, 0.3) is 0 Å². The predicted octanol–water partition coefficient (Wildman–Crippen LogP) is 0.690. The van der Waals surface area contributed by atoms with Crippen LogP contribution < -0.4 is 5.32 Å². The van der Waals surface area contributed by atoms with E-state index in [0.29, 0.717) is 17.8 Å². The van der Waals surface area contributed by atoms with Gasteiger partial charge in [0.15, 0.2) is 0 Å². The fourth-order valence-corrected chi connectivity index (χ4v) is 1.72. The lowest BCUT2D eigenvalue weighted by Crippen LogP contribution is -2.25. The highest BCUT2D eigenvalue weighted by molar-refractivity contribution is 5.96. The number of aromatic nitrogens is 4. The molecule has 2 heterocycles. The SMILES string of the molecule is Cc1n[nH]c(C)c1C(=O)NCc1ccnn1C. The molecule has 6 nitrogen and oxygen atoms in total. The molecule has 0 aliphatic carbocycles. The van der Waals surface area contributed by atoms with E-state index in [1.165, 1.54) is 0 Å². The summed E-state index contributed by atoms with van der Waals surface area (Å²) in [5.74, 6) is -0.116. The summed E-state index contributed by atoms with van der Waals surface area (Å²) in [7, 11) is 1.84. The average Bonchev–Trinajstić information content (AvgIpc) is 2.83. The summed E-state index contributed by atoms with van der Waals surface area (Å²) >= 11 is 0. The Morgan fingerprint density at radius 1 is 1.53 bits per heavy atom. The van der Waals surface area contributed by atoms with E-state index >= 15 is 0 Å². The quantitative estimate of drug-likeness (QED) is 0.819. The van der Waals surface area contributed by atoms with Gasteiger partial charge in [0.25, 0.3) is 5.91 Å². The first-order chi connectivity index (χ1) is 8.09. The molecule has 0 atom stereocenters. The van der Waals surface area contributed by atoms with Crippen LogP contribution in [0.2, 0.25) is 0 Å². The molecule has 0 spiro atoms. The Kier molecular flexibility index (Phi) is 2.95. The molecule has 2 N–H and O–H groups in total. The number of aromatic amines is 1. The van der Waals surface area contributed by atoms with Gasteiger partial charge in [0.1, 0.15) is 0 Å². The van der Waals surface area contributed by atoms with E-state index in [0.717, 1.165) is 11.4 Å². The number of amides is 1. The molecule has 6 heteroatoms. The van der Waals surface area contributed by atoms with Gasteiger partial charge >= 0.3 is 0 Å². The molecular formula is C11H15N5O. The molecule has 2 aromatic heterocycles. The molecule has 0 unspecified atom stereocenters. The van der Waals surface area contributed by atoms with Crippen LogP contribution in [0.5, 0.6) is 0 Å². The Morgan fingerprint density at radius 2 is 2.29 bits per heavy atom. The summed E-state index contributed by atoms with van der Waals surface area (Å²) in [4.78, 5) is 12.0. The van der Waals surface area contributed by atoms with Crippen LogP contribution in [0.3, 0.4) is 0 Å². The number of hydrogen-bond acceptors (Lipinski definition) is 3. The lowest BCUT2D eigenvalue weighted by molar-refractivity contribution is 0.0949. The van der Waals surface area contributed by atoms with Crippen LogP contribution in [-0.2, 0) is 13.6 Å². The van der Waals surface area contributed by atoms with Crippen LogP contribution in [0.4, 0.5) is 0 Å². The van der Waals surface area contributed by atoms with Gasteiger partial charge in [-0.2, -0.15) is 10.2 Å². The Balaban J connectivity index is 2.06. The van der Waals surface area contributed by atoms with Gasteiger partial charge in [0.2, 0.25) is 0 Å². The van der Waals surface area contributed by atoms with E-state index in [4.69, 9.17) is 0 Å². The van der Waals surface area contributed by atoms with Crippen molar-refractivity contribution in [1.82, 2.24) is 25.3 Å². The summed E-state index contributed by atoms with van der Waals surface area (Å²) in [5.41, 5.74) is 3.07. The molecule has 0 saturated heterocycles. The Bertz CT molecular complexity index is 520. The molecule has 2 rings (SSSR count). The zero-order chi connectivity index (χ0) is 12.4. The van der Waals surface area contributed by atoms with Crippen LogP contribution in [0.1, 0.15) is 27.4 Å². The smallest absolute Gasteiger partial charge is 0.255 e. The first kappa shape index (κ1) is 11.4. The number of rotatable bonds is 3. The van der Waals surface area contributed by atoms with E-state index in [-0.39, 0.29) is 5.91 Å². The van der Waals surface area contributed by atoms with Crippen LogP contribution in [0, 0.1) is 13.8 Å². The molecule has 1 amide bonds. The molecule has 0 aliphatic heterocycles. The second kappa shape index (κ2) is 4.40. The fraction of sp³-hybridized carbons (Fsp3) is 0.364. The number of carbonyl (C=O) groups excluding carboxylic acids is 1. The molecule has 0 aromatic carbocycles. The summed E-state index contributed by atoms with van der Waals surface area (Å²) < 4.78 is 1.73. The van der Waals surface area contributed by atoms with Crippen molar-refractivity contribution in [3.63, 3.8) is 0 Å². The Morgan fingerprint density at radius 3 is 2.82 bits per heavy atom. The number of hydrogen-bond donors (Lipinski definition) is 2. The summed E-state index contributed by atoms with van der Waals surface area (Å²) in [6, 6.07) is 1.87. The van der Waals surface area contributed by atoms with Crippen molar-refractivity contribution in [3.8, 4) is 0 Å². The monoisotopic (exact) mass is 233 g/mol. The zero-order valence-corrected chi connectivity index (χ0v) is 10.1. The molecule has 0 saturated carbocycles. The first-order valence-electron chi connectivity index (χ1n) is 5.36. The largest absolute Gasteiger partial charge is 0.346 e. The molecule has 90 valence electrons. The topological polar surface area (TPSA) is 75.6 Å². The number of nitrogens with one attached hydrogen (secondary N) is 2. The van der Waals surface area contributed by atoms with Crippen molar-refractivity contribution in [3.05, 3.63) is 34.9 Å². The lowest BCUT2D eigenvalue weighted by atomic mass is 10.2. The summed E-state index contributed by atoms with van der Waals surface area (Å²) in [6.07, 6.45) is 1.70. The van der Waals surface area contributed by atoms with E-state index in [2.05, 4.69) is 20.6 Å². The van der Waals surface area contributed by atoms with E-state index < -0.39 is 0 Å². The maximum Gasteiger partial charge on any atom is 0.255 e. The predicted molar refractivity (Wildman–Crippen MR) is 62.4 cm³/mol. The highest BCUT2D eigenvalue weighted by atomic mass is 16.1. The van der Waals surface area contributed by atoms with Crippen molar-refractivity contribution in [2.45, 2.75) is 20.4 Å². The standard InChI is InChI=1S/C11H15N5O/c1-7-10(8(2)15-14-7)11(17)12-6-9-4-5-13-16(9)3/h4-5H,6H2,1-3H3,(H,12,17)(H,14,15). The van der Waals surface area contributed by atoms with E-state index in [1.807, 2.05) is 27.0 Å². The lowest BCUT2D eigenvalue weighted by Gasteiger charge is -2.05. The molecular weight excluding hydrogens is 218 g/mol. The maximum atomic E-state index is 12.0. The van der Waals surface area contributed by atoms with Crippen molar-refractivity contribution >= 4 is 5.91 Å². The summed E-state index contributed by atoms with van der Waals surface area (Å²) in [6.45, 7) is 4.10. The average molecular weight is 233 g/mol. The van der Waals surface area contributed by atoms with Crippen molar-refractivity contribution in [1.29, 1.82) is 0 Å². The number of nitrogens with zero attached hydrogens (tertiary/aromatic N) is 3. The third kappa shape index (κ3) is 2.20. The highest BCUT2D eigenvalue weighted by Crippen LogP contribution is 2.09. The third-order valence-corrected chi connectivity index (χ3v) is 2.71. The van der Waals surface area contributed by atoms with Gasteiger partial charge < -0.3 is 5.32 Å². The van der Waals surface area contributed by atoms with E-state index in [1.54, 1.807) is 10.9 Å². The minimum absolute atomic E-state index is 0.116. The van der Waals surface area contributed by atoms with Gasteiger partial charge in [0.05, 0.1) is 23.5 Å². The molecule has 0 radical (unpaired) electrons. The second-order valence-electron chi connectivity index (χ2n) is 3.94. The van der Waals surface area contributed by atoms with Crippen LogP contribution >= 0.6 is 0 Å².